The van der Waals surface area contributed by atoms with Crippen molar-refractivity contribution in [2.24, 2.45) is 0 Å². The molecule has 0 atom stereocenters. The first kappa shape index (κ1) is 24.5. The van der Waals surface area contributed by atoms with Gasteiger partial charge in [0.2, 0.25) is 0 Å². The standard InChI is InChI=1S/C23H22BrClFNO2.ClH/c1-28-22-13-18(14-27-11-10-16-2-6-19(25)7-3-16)12-21(24)23(22)29-15-17-4-8-20(26)9-5-17;/h2-9,12-13,27H,10-11,14-15H2,1H3;1H. The zero-order chi connectivity index (χ0) is 20.6. The molecular formula is C23H23BrCl2FNO2. The van der Waals surface area contributed by atoms with Crippen molar-refractivity contribution >= 4 is 39.9 Å². The van der Waals surface area contributed by atoms with Crippen molar-refractivity contribution in [3.63, 3.8) is 0 Å². The second-order valence-electron chi connectivity index (χ2n) is 6.58. The van der Waals surface area contributed by atoms with Gasteiger partial charge < -0.3 is 14.8 Å². The lowest BCUT2D eigenvalue weighted by Gasteiger charge is -2.15. The number of hydrogen-bond acceptors (Lipinski definition) is 3. The molecule has 0 spiro atoms. The smallest absolute Gasteiger partial charge is 0.175 e. The molecule has 3 rings (SSSR count). The topological polar surface area (TPSA) is 30.5 Å². The summed E-state index contributed by atoms with van der Waals surface area (Å²) in [5.41, 5.74) is 3.21. The Hall–Kier alpha value is -1.79. The van der Waals surface area contributed by atoms with E-state index in [1.54, 1.807) is 19.2 Å². The molecule has 0 aliphatic carbocycles. The van der Waals surface area contributed by atoms with Crippen LogP contribution in [0.15, 0.2) is 65.1 Å². The zero-order valence-electron chi connectivity index (χ0n) is 16.5. The Bertz CT molecular complexity index is 937. The highest BCUT2D eigenvalue weighted by Gasteiger charge is 2.12. The molecule has 0 heterocycles. The summed E-state index contributed by atoms with van der Waals surface area (Å²) in [6, 6.07) is 18.1. The minimum Gasteiger partial charge on any atom is -0.493 e. The highest BCUT2D eigenvalue weighted by atomic mass is 79.9. The number of rotatable bonds is 9. The molecule has 0 saturated carbocycles. The van der Waals surface area contributed by atoms with Gasteiger partial charge in [0.05, 0.1) is 11.6 Å². The Labute approximate surface area is 196 Å². The van der Waals surface area contributed by atoms with Crippen LogP contribution in [0.4, 0.5) is 4.39 Å². The van der Waals surface area contributed by atoms with Crippen LogP contribution in [0, 0.1) is 5.82 Å². The molecule has 0 saturated heterocycles. The number of benzene rings is 3. The Balaban J connectivity index is 0.00000320. The molecule has 30 heavy (non-hydrogen) atoms. The van der Waals surface area contributed by atoms with Gasteiger partial charge in [-0.15, -0.1) is 12.4 Å². The molecule has 0 unspecified atom stereocenters. The fourth-order valence-electron chi connectivity index (χ4n) is 2.87. The predicted molar refractivity (Wildman–Crippen MR) is 126 cm³/mol. The van der Waals surface area contributed by atoms with E-state index >= 15 is 0 Å². The normalized spacial score (nSPS) is 10.4. The first-order valence-electron chi connectivity index (χ1n) is 9.24. The quantitative estimate of drug-likeness (QED) is 0.327. The van der Waals surface area contributed by atoms with E-state index in [9.17, 15) is 4.39 Å². The van der Waals surface area contributed by atoms with E-state index in [0.29, 0.717) is 24.7 Å². The van der Waals surface area contributed by atoms with Gasteiger partial charge in [-0.2, -0.15) is 0 Å². The SMILES string of the molecule is COc1cc(CNCCc2ccc(Cl)cc2)cc(Br)c1OCc1ccc(F)cc1.Cl. The van der Waals surface area contributed by atoms with Gasteiger partial charge in [0.25, 0.3) is 0 Å². The maximum atomic E-state index is 13.0. The number of hydrogen-bond donors (Lipinski definition) is 1. The van der Waals surface area contributed by atoms with Gasteiger partial charge >= 0.3 is 0 Å². The summed E-state index contributed by atoms with van der Waals surface area (Å²) in [4.78, 5) is 0. The molecule has 0 aliphatic heterocycles. The summed E-state index contributed by atoms with van der Waals surface area (Å²) >= 11 is 9.49. The second kappa shape index (κ2) is 12.2. The van der Waals surface area contributed by atoms with E-state index in [1.807, 2.05) is 36.4 Å². The Morgan fingerprint density at radius 2 is 1.63 bits per heavy atom. The summed E-state index contributed by atoms with van der Waals surface area (Å²) in [5.74, 6) is 1.01. The Morgan fingerprint density at radius 1 is 0.967 bits per heavy atom. The fourth-order valence-corrected chi connectivity index (χ4v) is 3.60. The fraction of sp³-hybridized carbons (Fsp3) is 0.217. The molecule has 1 N–H and O–H groups in total. The summed E-state index contributed by atoms with van der Waals surface area (Å²) < 4.78 is 25.3. The maximum Gasteiger partial charge on any atom is 0.175 e. The largest absolute Gasteiger partial charge is 0.493 e. The van der Waals surface area contributed by atoms with Crippen LogP contribution in [0.2, 0.25) is 5.02 Å². The highest BCUT2D eigenvalue weighted by molar-refractivity contribution is 9.10. The third-order valence-electron chi connectivity index (χ3n) is 4.42. The molecule has 0 radical (unpaired) electrons. The Kier molecular flexibility index (Phi) is 9.92. The van der Waals surface area contributed by atoms with Crippen LogP contribution in [0.25, 0.3) is 0 Å². The summed E-state index contributed by atoms with van der Waals surface area (Å²) in [6.07, 6.45) is 0.925. The molecule has 0 bridgehead atoms. The van der Waals surface area contributed by atoms with E-state index in [1.165, 1.54) is 17.7 Å². The summed E-state index contributed by atoms with van der Waals surface area (Å²) in [6.45, 7) is 1.89. The Morgan fingerprint density at radius 3 is 2.30 bits per heavy atom. The van der Waals surface area contributed by atoms with Crippen molar-refractivity contribution in [1.29, 1.82) is 0 Å². The van der Waals surface area contributed by atoms with Crippen LogP contribution < -0.4 is 14.8 Å². The maximum absolute atomic E-state index is 13.0. The molecule has 3 aromatic rings. The van der Waals surface area contributed by atoms with Crippen LogP contribution in [0.5, 0.6) is 11.5 Å². The van der Waals surface area contributed by atoms with Gasteiger partial charge in [0.15, 0.2) is 11.5 Å². The minimum absolute atomic E-state index is 0. The molecule has 3 nitrogen and oxygen atoms in total. The third kappa shape index (κ3) is 7.17. The average molecular weight is 515 g/mol. The number of nitrogens with one attached hydrogen (secondary N) is 1. The third-order valence-corrected chi connectivity index (χ3v) is 5.26. The molecule has 0 aliphatic rings. The molecule has 0 fully saturated rings. The van der Waals surface area contributed by atoms with Crippen LogP contribution in [0.3, 0.4) is 0 Å². The summed E-state index contributed by atoms with van der Waals surface area (Å²) in [7, 11) is 1.62. The number of methoxy groups -OCH3 is 1. The van der Waals surface area contributed by atoms with Gasteiger partial charge in [-0.1, -0.05) is 35.9 Å². The van der Waals surface area contributed by atoms with Crippen LogP contribution in [-0.4, -0.2) is 13.7 Å². The van der Waals surface area contributed by atoms with Crippen molar-refractivity contribution in [3.05, 3.63) is 92.7 Å². The van der Waals surface area contributed by atoms with Crippen molar-refractivity contribution in [3.8, 4) is 11.5 Å². The lowest BCUT2D eigenvalue weighted by atomic mass is 10.1. The van der Waals surface area contributed by atoms with E-state index in [2.05, 4.69) is 21.2 Å². The number of halogens is 4. The first-order chi connectivity index (χ1) is 14.0. The van der Waals surface area contributed by atoms with Gasteiger partial charge in [-0.3, -0.25) is 0 Å². The second-order valence-corrected chi connectivity index (χ2v) is 7.87. The van der Waals surface area contributed by atoms with Crippen LogP contribution in [0.1, 0.15) is 16.7 Å². The predicted octanol–water partition coefficient (Wildman–Crippen LogP) is 6.58. The van der Waals surface area contributed by atoms with Crippen LogP contribution >= 0.6 is 39.9 Å². The van der Waals surface area contributed by atoms with E-state index in [4.69, 9.17) is 21.1 Å². The molecule has 160 valence electrons. The zero-order valence-corrected chi connectivity index (χ0v) is 19.6. The van der Waals surface area contributed by atoms with E-state index in [-0.39, 0.29) is 18.2 Å². The van der Waals surface area contributed by atoms with Crippen molar-refractivity contribution in [2.45, 2.75) is 19.6 Å². The highest BCUT2D eigenvalue weighted by Crippen LogP contribution is 2.37. The van der Waals surface area contributed by atoms with Crippen molar-refractivity contribution in [2.75, 3.05) is 13.7 Å². The minimum atomic E-state index is -0.263. The van der Waals surface area contributed by atoms with E-state index < -0.39 is 0 Å². The van der Waals surface area contributed by atoms with Crippen molar-refractivity contribution < 1.29 is 13.9 Å². The molecule has 3 aromatic carbocycles. The summed E-state index contributed by atoms with van der Waals surface area (Å²) in [5, 5.41) is 4.19. The lowest BCUT2D eigenvalue weighted by Crippen LogP contribution is -2.16. The molecular weight excluding hydrogens is 492 g/mol. The van der Waals surface area contributed by atoms with E-state index in [0.717, 1.165) is 33.6 Å². The molecule has 0 amide bonds. The molecule has 0 aromatic heterocycles. The lowest BCUT2D eigenvalue weighted by molar-refractivity contribution is 0.282. The number of ether oxygens (including phenoxy) is 2. The van der Waals surface area contributed by atoms with Crippen molar-refractivity contribution in [1.82, 2.24) is 5.32 Å². The van der Waals surface area contributed by atoms with Gasteiger partial charge in [-0.25, -0.2) is 4.39 Å². The monoisotopic (exact) mass is 513 g/mol. The van der Waals surface area contributed by atoms with Gasteiger partial charge in [0.1, 0.15) is 12.4 Å². The first-order valence-corrected chi connectivity index (χ1v) is 10.4. The van der Waals surface area contributed by atoms with Gasteiger partial charge in [0, 0.05) is 11.6 Å². The molecule has 7 heteroatoms. The van der Waals surface area contributed by atoms with Crippen LogP contribution in [-0.2, 0) is 19.6 Å². The van der Waals surface area contributed by atoms with Gasteiger partial charge in [-0.05, 0) is 82.0 Å². The average Bonchev–Trinajstić information content (AvgIpc) is 2.72.